The Morgan fingerprint density at radius 2 is 1.69 bits per heavy atom. The minimum Gasteiger partial charge on any atom is -0.484 e. The van der Waals surface area contributed by atoms with Gasteiger partial charge in [-0.15, -0.1) is 0 Å². The maximum absolute atomic E-state index is 11.9. The monoisotopic (exact) mass is 353 g/mol. The molecule has 1 aliphatic rings. The normalized spacial score (nSPS) is 14.9. The lowest BCUT2D eigenvalue weighted by atomic mass is 10.2. The molecule has 1 heterocycles. The summed E-state index contributed by atoms with van der Waals surface area (Å²) >= 11 is 0. The fourth-order valence-electron chi connectivity index (χ4n) is 3.13. The summed E-state index contributed by atoms with van der Waals surface area (Å²) in [6, 6.07) is 18.2. The van der Waals surface area contributed by atoms with Crippen molar-refractivity contribution in [1.82, 2.24) is 10.2 Å². The summed E-state index contributed by atoms with van der Waals surface area (Å²) in [6.07, 6.45) is 0. The van der Waals surface area contributed by atoms with Gasteiger partial charge in [-0.25, -0.2) is 0 Å². The van der Waals surface area contributed by atoms with Crippen molar-refractivity contribution in [3.63, 3.8) is 0 Å². The molecule has 1 fully saturated rings. The third kappa shape index (κ3) is 5.23. The number of ether oxygens (including phenoxy) is 1. The van der Waals surface area contributed by atoms with Crippen molar-refractivity contribution in [3.8, 4) is 5.75 Å². The summed E-state index contributed by atoms with van der Waals surface area (Å²) in [5.41, 5.74) is 2.32. The number of benzene rings is 2. The first-order chi connectivity index (χ1) is 12.7. The van der Waals surface area contributed by atoms with E-state index in [2.05, 4.69) is 39.4 Å². The number of nitrogens with one attached hydrogen (secondary N) is 1. The molecule has 0 aromatic heterocycles. The Morgan fingerprint density at radius 3 is 2.42 bits per heavy atom. The zero-order valence-corrected chi connectivity index (χ0v) is 15.4. The lowest BCUT2D eigenvalue weighted by Crippen LogP contribution is -2.48. The quantitative estimate of drug-likeness (QED) is 0.830. The smallest absolute Gasteiger partial charge is 0.257 e. The van der Waals surface area contributed by atoms with Gasteiger partial charge in [-0.3, -0.25) is 9.69 Å². The van der Waals surface area contributed by atoms with Gasteiger partial charge in [-0.05, 0) is 30.7 Å². The lowest BCUT2D eigenvalue weighted by Gasteiger charge is -2.36. The Hall–Kier alpha value is -2.53. The first kappa shape index (κ1) is 18.3. The standard InChI is InChI=1S/C21H27N3O2/c1-18-7-5-6-10-20(18)26-17-21(25)22-11-12-23-13-15-24(16-14-23)19-8-3-2-4-9-19/h2-10H,11-17H2,1H3,(H,22,25). The van der Waals surface area contributed by atoms with Crippen LogP contribution >= 0.6 is 0 Å². The van der Waals surface area contributed by atoms with Gasteiger partial charge in [0.25, 0.3) is 5.91 Å². The van der Waals surface area contributed by atoms with Crippen LogP contribution in [0.3, 0.4) is 0 Å². The van der Waals surface area contributed by atoms with E-state index in [9.17, 15) is 4.79 Å². The average Bonchev–Trinajstić information content (AvgIpc) is 2.69. The van der Waals surface area contributed by atoms with Gasteiger partial charge in [0.15, 0.2) is 6.61 Å². The molecule has 0 spiro atoms. The van der Waals surface area contributed by atoms with Crippen LogP contribution in [-0.4, -0.2) is 56.7 Å². The van der Waals surface area contributed by atoms with Crippen molar-refractivity contribution in [2.45, 2.75) is 6.92 Å². The first-order valence-corrected chi connectivity index (χ1v) is 9.20. The van der Waals surface area contributed by atoms with E-state index in [-0.39, 0.29) is 12.5 Å². The maximum Gasteiger partial charge on any atom is 0.257 e. The van der Waals surface area contributed by atoms with Gasteiger partial charge in [0, 0.05) is 45.0 Å². The van der Waals surface area contributed by atoms with E-state index in [0.717, 1.165) is 44.0 Å². The number of para-hydroxylation sites is 2. The van der Waals surface area contributed by atoms with E-state index in [1.165, 1.54) is 5.69 Å². The van der Waals surface area contributed by atoms with Gasteiger partial charge in [0.1, 0.15) is 5.75 Å². The molecule has 2 aromatic rings. The van der Waals surface area contributed by atoms with Crippen molar-refractivity contribution in [2.75, 3.05) is 50.8 Å². The Labute approximate surface area is 155 Å². The summed E-state index contributed by atoms with van der Waals surface area (Å²) < 4.78 is 5.57. The second-order valence-electron chi connectivity index (χ2n) is 6.57. The number of piperazine rings is 1. The third-order valence-electron chi connectivity index (χ3n) is 4.70. The van der Waals surface area contributed by atoms with E-state index >= 15 is 0 Å². The molecule has 138 valence electrons. The molecule has 0 bridgehead atoms. The SMILES string of the molecule is Cc1ccccc1OCC(=O)NCCN1CCN(c2ccccc2)CC1. The molecule has 1 aliphatic heterocycles. The topological polar surface area (TPSA) is 44.8 Å². The Bertz CT molecular complexity index is 697. The number of anilines is 1. The van der Waals surface area contributed by atoms with Crippen molar-refractivity contribution in [1.29, 1.82) is 0 Å². The van der Waals surface area contributed by atoms with Gasteiger partial charge in [-0.1, -0.05) is 36.4 Å². The summed E-state index contributed by atoms with van der Waals surface area (Å²) in [5, 5.41) is 2.94. The molecule has 1 N–H and O–H groups in total. The predicted octanol–water partition coefficient (Wildman–Crippen LogP) is 2.31. The van der Waals surface area contributed by atoms with Crippen molar-refractivity contribution >= 4 is 11.6 Å². The minimum atomic E-state index is -0.0730. The molecule has 1 saturated heterocycles. The zero-order valence-electron chi connectivity index (χ0n) is 15.4. The molecule has 0 aliphatic carbocycles. The van der Waals surface area contributed by atoms with Crippen LogP contribution in [0.1, 0.15) is 5.56 Å². The van der Waals surface area contributed by atoms with Gasteiger partial charge < -0.3 is 15.0 Å². The highest BCUT2D eigenvalue weighted by Crippen LogP contribution is 2.16. The minimum absolute atomic E-state index is 0.0621. The number of nitrogens with zero attached hydrogens (tertiary/aromatic N) is 2. The van der Waals surface area contributed by atoms with E-state index in [1.54, 1.807) is 0 Å². The van der Waals surface area contributed by atoms with Crippen LogP contribution in [-0.2, 0) is 4.79 Å². The lowest BCUT2D eigenvalue weighted by molar-refractivity contribution is -0.123. The Kier molecular flexibility index (Phi) is 6.50. The molecular weight excluding hydrogens is 326 g/mol. The van der Waals surface area contributed by atoms with Crippen LogP contribution in [0.15, 0.2) is 54.6 Å². The first-order valence-electron chi connectivity index (χ1n) is 9.20. The molecule has 26 heavy (non-hydrogen) atoms. The summed E-state index contributed by atoms with van der Waals surface area (Å²) in [6.45, 7) is 7.65. The van der Waals surface area contributed by atoms with Crippen LogP contribution in [0.25, 0.3) is 0 Å². The number of rotatable bonds is 7. The second kappa shape index (κ2) is 9.25. The molecule has 5 heteroatoms. The molecule has 5 nitrogen and oxygen atoms in total. The highest BCUT2D eigenvalue weighted by Gasteiger charge is 2.16. The molecule has 2 aromatic carbocycles. The highest BCUT2D eigenvalue weighted by molar-refractivity contribution is 5.77. The molecule has 0 unspecified atom stereocenters. The van der Waals surface area contributed by atoms with E-state index in [0.29, 0.717) is 6.54 Å². The molecule has 0 radical (unpaired) electrons. The van der Waals surface area contributed by atoms with Gasteiger partial charge >= 0.3 is 0 Å². The van der Waals surface area contributed by atoms with E-state index in [1.807, 2.05) is 37.3 Å². The number of aryl methyl sites for hydroxylation is 1. The second-order valence-corrected chi connectivity index (χ2v) is 6.57. The van der Waals surface area contributed by atoms with Crippen LogP contribution in [0.5, 0.6) is 5.75 Å². The average molecular weight is 353 g/mol. The van der Waals surface area contributed by atoms with E-state index < -0.39 is 0 Å². The molecule has 0 saturated carbocycles. The van der Waals surface area contributed by atoms with Gasteiger partial charge in [0.2, 0.25) is 0 Å². The maximum atomic E-state index is 11.9. The Balaban J connectivity index is 1.32. The van der Waals surface area contributed by atoms with Gasteiger partial charge in [0.05, 0.1) is 0 Å². The van der Waals surface area contributed by atoms with Crippen LogP contribution in [0.2, 0.25) is 0 Å². The number of carbonyl (C=O) groups is 1. The van der Waals surface area contributed by atoms with Crippen LogP contribution in [0, 0.1) is 6.92 Å². The van der Waals surface area contributed by atoms with Gasteiger partial charge in [-0.2, -0.15) is 0 Å². The summed E-state index contributed by atoms with van der Waals surface area (Å²) in [4.78, 5) is 16.7. The summed E-state index contributed by atoms with van der Waals surface area (Å²) in [7, 11) is 0. The van der Waals surface area contributed by atoms with Crippen LogP contribution in [0.4, 0.5) is 5.69 Å². The van der Waals surface area contributed by atoms with Crippen molar-refractivity contribution in [2.24, 2.45) is 0 Å². The third-order valence-corrected chi connectivity index (χ3v) is 4.70. The van der Waals surface area contributed by atoms with E-state index in [4.69, 9.17) is 4.74 Å². The number of amides is 1. The zero-order chi connectivity index (χ0) is 18.2. The molecule has 1 amide bonds. The van der Waals surface area contributed by atoms with Crippen molar-refractivity contribution in [3.05, 3.63) is 60.2 Å². The summed E-state index contributed by atoms with van der Waals surface area (Å²) in [5.74, 6) is 0.691. The molecule has 0 atom stereocenters. The fraction of sp³-hybridized carbons (Fsp3) is 0.381. The van der Waals surface area contributed by atoms with Crippen molar-refractivity contribution < 1.29 is 9.53 Å². The Morgan fingerprint density at radius 1 is 1.00 bits per heavy atom. The largest absolute Gasteiger partial charge is 0.484 e. The number of carbonyl (C=O) groups excluding carboxylic acids is 1. The predicted molar refractivity (Wildman–Crippen MR) is 105 cm³/mol. The number of hydrogen-bond donors (Lipinski definition) is 1. The van der Waals surface area contributed by atoms with Crippen LogP contribution < -0.4 is 15.0 Å². The fourth-order valence-corrected chi connectivity index (χ4v) is 3.13. The molecular formula is C21H27N3O2. The molecule has 3 rings (SSSR count). The highest BCUT2D eigenvalue weighted by atomic mass is 16.5. The number of hydrogen-bond acceptors (Lipinski definition) is 4.